The second-order valence-electron chi connectivity index (χ2n) is 7.70. The number of carbonyl (C=O) groups excluding carboxylic acids is 3. The summed E-state index contributed by atoms with van der Waals surface area (Å²) in [6.07, 6.45) is 2.06. The van der Waals surface area contributed by atoms with Gasteiger partial charge >= 0.3 is 11.8 Å². The van der Waals surface area contributed by atoms with E-state index in [-0.39, 0.29) is 18.6 Å². The number of ether oxygens (including phenoxy) is 4. The van der Waals surface area contributed by atoms with Crippen molar-refractivity contribution in [3.63, 3.8) is 0 Å². The molecule has 0 fully saturated rings. The average Bonchev–Trinajstić information content (AvgIpc) is 2.87. The summed E-state index contributed by atoms with van der Waals surface area (Å²) in [6.45, 7) is 4.42. The molecule has 11 nitrogen and oxygen atoms in total. The maximum atomic E-state index is 12.2. The number of nitrogens with one attached hydrogen (secondary N) is 3. The molecule has 0 heterocycles. The van der Waals surface area contributed by atoms with E-state index >= 15 is 0 Å². The summed E-state index contributed by atoms with van der Waals surface area (Å²) in [5.41, 5.74) is 3.35. The van der Waals surface area contributed by atoms with E-state index < -0.39 is 11.8 Å². The Kier molecular flexibility index (Phi) is 11.7. The molecule has 194 valence electrons. The molecule has 0 spiro atoms. The summed E-state index contributed by atoms with van der Waals surface area (Å²) in [4.78, 5) is 35.8. The zero-order valence-electron chi connectivity index (χ0n) is 20.8. The lowest BCUT2D eigenvalue weighted by atomic mass is 10.2. The largest absolute Gasteiger partial charge is 0.497 e. The van der Waals surface area contributed by atoms with Crippen LogP contribution in [0.15, 0.2) is 47.6 Å². The molecule has 0 atom stereocenters. The Morgan fingerprint density at radius 1 is 0.972 bits per heavy atom. The number of hydrogen-bond donors (Lipinski definition) is 3. The summed E-state index contributed by atoms with van der Waals surface area (Å²) >= 11 is 0. The molecule has 0 aliphatic rings. The smallest absolute Gasteiger partial charge is 0.329 e. The van der Waals surface area contributed by atoms with Crippen LogP contribution in [0.4, 0.5) is 5.69 Å². The van der Waals surface area contributed by atoms with Gasteiger partial charge in [-0.15, -0.1) is 0 Å². The molecule has 0 aliphatic carbocycles. The summed E-state index contributed by atoms with van der Waals surface area (Å²) in [6, 6.07) is 11.8. The topological polar surface area (TPSA) is 137 Å². The van der Waals surface area contributed by atoms with Crippen molar-refractivity contribution in [2.24, 2.45) is 5.10 Å². The molecule has 2 aromatic carbocycles. The molecule has 2 aromatic rings. The van der Waals surface area contributed by atoms with Gasteiger partial charge in [0, 0.05) is 18.8 Å². The maximum Gasteiger partial charge on any atom is 0.329 e. The minimum absolute atomic E-state index is 0.113. The summed E-state index contributed by atoms with van der Waals surface area (Å²) in [5.74, 6) is -0.616. The van der Waals surface area contributed by atoms with Crippen molar-refractivity contribution in [3.8, 4) is 17.2 Å². The fraction of sp³-hybridized carbons (Fsp3) is 0.360. The second kappa shape index (κ2) is 15.0. The predicted octanol–water partition coefficient (Wildman–Crippen LogP) is 2.10. The van der Waals surface area contributed by atoms with Crippen LogP contribution in [0.25, 0.3) is 0 Å². The number of rotatable bonds is 13. The van der Waals surface area contributed by atoms with Gasteiger partial charge in [0.2, 0.25) is 0 Å². The van der Waals surface area contributed by atoms with Crippen molar-refractivity contribution < 1.29 is 33.3 Å². The number of anilines is 1. The van der Waals surface area contributed by atoms with Crippen molar-refractivity contribution in [1.29, 1.82) is 0 Å². The zero-order valence-corrected chi connectivity index (χ0v) is 20.8. The normalized spacial score (nSPS) is 10.7. The quantitative estimate of drug-likeness (QED) is 0.166. The van der Waals surface area contributed by atoms with E-state index in [1.54, 1.807) is 49.6 Å². The highest BCUT2D eigenvalue weighted by Gasteiger charge is 2.12. The number of nitrogens with zero attached hydrogens (tertiary/aromatic N) is 1. The highest BCUT2D eigenvalue weighted by atomic mass is 16.5. The SMILES string of the molecule is COc1ccc(NC(=O)COc2ccc(/C=N\NC(=O)C(=O)NCCCOC(C)C)cc2OC)cc1. The van der Waals surface area contributed by atoms with Crippen LogP contribution in [0.3, 0.4) is 0 Å². The molecule has 3 N–H and O–H groups in total. The number of amides is 3. The van der Waals surface area contributed by atoms with Gasteiger partial charge in [-0.25, -0.2) is 5.43 Å². The van der Waals surface area contributed by atoms with Crippen molar-refractivity contribution in [1.82, 2.24) is 10.7 Å². The van der Waals surface area contributed by atoms with E-state index in [0.717, 1.165) is 0 Å². The Balaban J connectivity index is 1.80. The van der Waals surface area contributed by atoms with Gasteiger partial charge in [0.1, 0.15) is 5.75 Å². The van der Waals surface area contributed by atoms with Crippen molar-refractivity contribution in [2.75, 3.05) is 39.3 Å². The lowest BCUT2D eigenvalue weighted by Crippen LogP contribution is -2.38. The van der Waals surface area contributed by atoms with Crippen LogP contribution in [0.5, 0.6) is 17.2 Å². The number of hydrogen-bond acceptors (Lipinski definition) is 8. The Hall–Kier alpha value is -4.12. The van der Waals surface area contributed by atoms with Gasteiger partial charge in [0.05, 0.1) is 26.5 Å². The molecular formula is C25H32N4O7. The van der Waals surface area contributed by atoms with Gasteiger partial charge in [0.15, 0.2) is 18.1 Å². The predicted molar refractivity (Wildman–Crippen MR) is 135 cm³/mol. The monoisotopic (exact) mass is 500 g/mol. The highest BCUT2D eigenvalue weighted by molar-refractivity contribution is 6.35. The van der Waals surface area contributed by atoms with Gasteiger partial charge in [0.25, 0.3) is 5.91 Å². The Morgan fingerprint density at radius 3 is 2.39 bits per heavy atom. The van der Waals surface area contributed by atoms with Gasteiger partial charge in [-0.1, -0.05) is 0 Å². The van der Waals surface area contributed by atoms with Crippen LogP contribution >= 0.6 is 0 Å². The molecule has 0 unspecified atom stereocenters. The third kappa shape index (κ3) is 10.0. The number of carbonyl (C=O) groups is 3. The summed E-state index contributed by atoms with van der Waals surface area (Å²) < 4.78 is 21.3. The van der Waals surface area contributed by atoms with Crippen LogP contribution in [0.1, 0.15) is 25.8 Å². The minimum atomic E-state index is -0.884. The van der Waals surface area contributed by atoms with Crippen molar-refractivity contribution in [3.05, 3.63) is 48.0 Å². The second-order valence-corrected chi connectivity index (χ2v) is 7.70. The van der Waals surface area contributed by atoms with Crippen LogP contribution < -0.4 is 30.3 Å². The van der Waals surface area contributed by atoms with Gasteiger partial charge in [-0.2, -0.15) is 5.10 Å². The average molecular weight is 501 g/mol. The summed E-state index contributed by atoms with van der Waals surface area (Å²) in [7, 11) is 3.02. The third-order valence-electron chi connectivity index (χ3n) is 4.56. The van der Waals surface area contributed by atoms with Crippen LogP contribution in [0, 0.1) is 0 Å². The fourth-order valence-electron chi connectivity index (χ4n) is 2.79. The van der Waals surface area contributed by atoms with Crippen molar-refractivity contribution >= 4 is 29.6 Å². The number of benzene rings is 2. The molecule has 0 saturated carbocycles. The van der Waals surface area contributed by atoms with Crippen LogP contribution in [-0.4, -0.2) is 64.0 Å². The van der Waals surface area contributed by atoms with E-state index in [9.17, 15) is 14.4 Å². The molecule has 0 radical (unpaired) electrons. The van der Waals surface area contributed by atoms with E-state index in [1.807, 2.05) is 13.8 Å². The lowest BCUT2D eigenvalue weighted by molar-refractivity contribution is -0.139. The van der Waals surface area contributed by atoms with E-state index in [0.29, 0.717) is 48.1 Å². The first-order chi connectivity index (χ1) is 17.3. The molecule has 3 amide bonds. The molecule has 11 heteroatoms. The Bertz CT molecular complexity index is 1040. The maximum absolute atomic E-state index is 12.2. The van der Waals surface area contributed by atoms with Gasteiger partial charge < -0.3 is 29.6 Å². The van der Waals surface area contributed by atoms with Gasteiger partial charge in [-0.3, -0.25) is 14.4 Å². The number of hydrazone groups is 1. The first-order valence-corrected chi connectivity index (χ1v) is 11.3. The highest BCUT2D eigenvalue weighted by Crippen LogP contribution is 2.27. The van der Waals surface area contributed by atoms with Crippen molar-refractivity contribution in [2.45, 2.75) is 26.4 Å². The first-order valence-electron chi connectivity index (χ1n) is 11.3. The molecule has 0 saturated heterocycles. The zero-order chi connectivity index (χ0) is 26.3. The van der Waals surface area contributed by atoms with Crippen LogP contribution in [-0.2, 0) is 19.1 Å². The third-order valence-corrected chi connectivity index (χ3v) is 4.56. The summed E-state index contributed by atoms with van der Waals surface area (Å²) in [5, 5.41) is 9.01. The van der Waals surface area contributed by atoms with E-state index in [2.05, 4.69) is 21.2 Å². The Morgan fingerprint density at radius 2 is 1.72 bits per heavy atom. The van der Waals surface area contributed by atoms with Gasteiger partial charge in [-0.05, 0) is 68.3 Å². The molecule has 0 aliphatic heterocycles. The molecule has 2 rings (SSSR count). The molecule has 0 bridgehead atoms. The van der Waals surface area contributed by atoms with E-state index in [4.69, 9.17) is 18.9 Å². The minimum Gasteiger partial charge on any atom is -0.497 e. The van der Waals surface area contributed by atoms with Crippen LogP contribution in [0.2, 0.25) is 0 Å². The Labute approximate surface area is 210 Å². The molecule has 0 aromatic heterocycles. The standard InChI is InChI=1S/C25H32N4O7/c1-17(2)35-13-5-12-26-24(31)25(32)29-27-15-18-6-11-21(22(14-18)34-4)36-16-23(30)28-19-7-9-20(33-3)10-8-19/h6-11,14-15,17H,5,12-13,16H2,1-4H3,(H,26,31)(H,28,30)(H,29,32)/b27-15-. The molecule has 36 heavy (non-hydrogen) atoms. The molecular weight excluding hydrogens is 468 g/mol. The lowest BCUT2D eigenvalue weighted by Gasteiger charge is -2.11. The number of methoxy groups -OCH3 is 2. The van der Waals surface area contributed by atoms with E-state index in [1.165, 1.54) is 13.3 Å². The fourth-order valence-corrected chi connectivity index (χ4v) is 2.79. The first kappa shape index (κ1) is 28.1.